The lowest BCUT2D eigenvalue weighted by Gasteiger charge is -2.37. The zero-order valence-electron chi connectivity index (χ0n) is 10.4. The molecule has 1 saturated heterocycles. The standard InChI is InChI=1S/C11H23NO2/c1-9(2,3)8-10(4,5)12(13)11(6,7)14-8/h8,13H,1-7H3. The Hall–Kier alpha value is -0.120. The Morgan fingerprint density at radius 1 is 1.14 bits per heavy atom. The van der Waals surface area contributed by atoms with Crippen LogP contribution in [0.25, 0.3) is 0 Å². The fourth-order valence-corrected chi connectivity index (χ4v) is 2.52. The van der Waals surface area contributed by atoms with Gasteiger partial charge in [-0.3, -0.25) is 0 Å². The predicted octanol–water partition coefficient (Wildman–Crippen LogP) is 2.64. The lowest BCUT2D eigenvalue weighted by Crippen LogP contribution is -2.51. The van der Waals surface area contributed by atoms with Crippen LogP contribution in [0, 0.1) is 5.41 Å². The molecule has 14 heavy (non-hydrogen) atoms. The Balaban J connectivity index is 3.03. The minimum atomic E-state index is -0.596. The van der Waals surface area contributed by atoms with Gasteiger partial charge in [-0.05, 0) is 33.1 Å². The molecule has 1 N–H and O–H groups in total. The Kier molecular flexibility index (Phi) is 2.51. The minimum Gasteiger partial charge on any atom is -0.353 e. The number of hydroxylamine groups is 2. The van der Waals surface area contributed by atoms with E-state index in [2.05, 4.69) is 20.8 Å². The summed E-state index contributed by atoms with van der Waals surface area (Å²) in [7, 11) is 0. The minimum absolute atomic E-state index is 0.0231. The summed E-state index contributed by atoms with van der Waals surface area (Å²) in [5.74, 6) is 0. The largest absolute Gasteiger partial charge is 0.353 e. The number of ether oxygens (including phenoxy) is 1. The molecule has 0 spiro atoms. The molecule has 1 rings (SSSR count). The molecular formula is C11H23NO2. The lowest BCUT2D eigenvalue weighted by molar-refractivity contribution is -0.234. The molecule has 84 valence electrons. The van der Waals surface area contributed by atoms with Crippen molar-refractivity contribution in [3.05, 3.63) is 0 Å². The van der Waals surface area contributed by atoms with Gasteiger partial charge in [0, 0.05) is 0 Å². The molecule has 0 amide bonds. The van der Waals surface area contributed by atoms with Crippen molar-refractivity contribution in [3.8, 4) is 0 Å². The van der Waals surface area contributed by atoms with Crippen molar-refractivity contribution in [2.75, 3.05) is 0 Å². The Labute approximate surface area is 87.0 Å². The fraction of sp³-hybridized carbons (Fsp3) is 1.00. The van der Waals surface area contributed by atoms with Crippen LogP contribution in [0.5, 0.6) is 0 Å². The van der Waals surface area contributed by atoms with Crippen LogP contribution in [0.1, 0.15) is 48.5 Å². The molecule has 1 fully saturated rings. The van der Waals surface area contributed by atoms with E-state index in [1.807, 2.05) is 27.7 Å². The van der Waals surface area contributed by atoms with Crippen molar-refractivity contribution >= 4 is 0 Å². The number of rotatable bonds is 0. The van der Waals surface area contributed by atoms with Gasteiger partial charge >= 0.3 is 0 Å². The fourth-order valence-electron chi connectivity index (χ4n) is 2.52. The van der Waals surface area contributed by atoms with E-state index in [9.17, 15) is 5.21 Å². The van der Waals surface area contributed by atoms with Gasteiger partial charge in [-0.2, -0.15) is 5.06 Å². The van der Waals surface area contributed by atoms with Crippen molar-refractivity contribution in [1.29, 1.82) is 0 Å². The average Bonchev–Trinajstić information content (AvgIpc) is 2.10. The summed E-state index contributed by atoms with van der Waals surface area (Å²) in [4.78, 5) is 0. The van der Waals surface area contributed by atoms with Crippen LogP contribution in [0.4, 0.5) is 0 Å². The zero-order valence-corrected chi connectivity index (χ0v) is 10.4. The van der Waals surface area contributed by atoms with E-state index in [0.717, 1.165) is 0 Å². The maximum atomic E-state index is 10.0. The average molecular weight is 201 g/mol. The second-order valence-corrected chi connectivity index (χ2v) is 6.28. The van der Waals surface area contributed by atoms with E-state index in [0.29, 0.717) is 0 Å². The SMILES string of the molecule is CC(C)(C)C1OC(C)(C)N(O)C1(C)C. The van der Waals surface area contributed by atoms with Gasteiger partial charge in [0.2, 0.25) is 0 Å². The predicted molar refractivity (Wildman–Crippen MR) is 56.1 cm³/mol. The van der Waals surface area contributed by atoms with Crippen molar-refractivity contribution in [1.82, 2.24) is 5.06 Å². The molecule has 3 heteroatoms. The van der Waals surface area contributed by atoms with Crippen molar-refractivity contribution in [3.63, 3.8) is 0 Å². The van der Waals surface area contributed by atoms with Gasteiger partial charge in [-0.1, -0.05) is 20.8 Å². The normalized spacial score (nSPS) is 32.1. The molecule has 0 saturated carbocycles. The highest BCUT2D eigenvalue weighted by Crippen LogP contribution is 2.44. The smallest absolute Gasteiger partial charge is 0.139 e. The van der Waals surface area contributed by atoms with Crippen LogP contribution in [-0.4, -0.2) is 27.6 Å². The third-order valence-electron chi connectivity index (χ3n) is 2.89. The molecule has 0 aromatic heterocycles. The summed E-state index contributed by atoms with van der Waals surface area (Å²) in [6, 6.07) is 0. The van der Waals surface area contributed by atoms with Crippen LogP contribution in [0.15, 0.2) is 0 Å². The number of hydrogen-bond acceptors (Lipinski definition) is 3. The monoisotopic (exact) mass is 201 g/mol. The van der Waals surface area contributed by atoms with Crippen molar-refractivity contribution in [2.24, 2.45) is 5.41 Å². The van der Waals surface area contributed by atoms with Crippen molar-refractivity contribution < 1.29 is 9.94 Å². The highest BCUT2D eigenvalue weighted by atomic mass is 16.6. The Bertz CT molecular complexity index is 228. The maximum absolute atomic E-state index is 10.0. The molecule has 0 bridgehead atoms. The van der Waals surface area contributed by atoms with Gasteiger partial charge < -0.3 is 9.94 Å². The van der Waals surface area contributed by atoms with Crippen LogP contribution < -0.4 is 0 Å². The topological polar surface area (TPSA) is 32.7 Å². The van der Waals surface area contributed by atoms with Crippen LogP contribution in [0.2, 0.25) is 0 Å². The summed E-state index contributed by atoms with van der Waals surface area (Å²) >= 11 is 0. The highest BCUT2D eigenvalue weighted by Gasteiger charge is 2.56. The molecule has 0 radical (unpaired) electrons. The van der Waals surface area contributed by atoms with E-state index in [1.54, 1.807) is 0 Å². The van der Waals surface area contributed by atoms with Gasteiger partial charge in [0.05, 0.1) is 11.6 Å². The third kappa shape index (κ3) is 1.69. The van der Waals surface area contributed by atoms with Crippen LogP contribution >= 0.6 is 0 Å². The van der Waals surface area contributed by atoms with E-state index >= 15 is 0 Å². The zero-order chi connectivity index (χ0) is 11.4. The van der Waals surface area contributed by atoms with Gasteiger partial charge in [0.1, 0.15) is 5.72 Å². The first-order chi connectivity index (χ1) is 5.99. The number of nitrogens with zero attached hydrogens (tertiary/aromatic N) is 1. The van der Waals surface area contributed by atoms with Crippen LogP contribution in [0.3, 0.4) is 0 Å². The Morgan fingerprint density at radius 2 is 1.57 bits per heavy atom. The first kappa shape index (κ1) is 12.0. The quantitative estimate of drug-likeness (QED) is 0.654. The van der Waals surface area contributed by atoms with E-state index in [-0.39, 0.29) is 17.1 Å². The van der Waals surface area contributed by atoms with Crippen molar-refractivity contribution in [2.45, 2.75) is 65.8 Å². The molecule has 1 heterocycles. The molecule has 0 aromatic carbocycles. The first-order valence-electron chi connectivity index (χ1n) is 5.16. The lowest BCUT2D eigenvalue weighted by atomic mass is 9.79. The second-order valence-electron chi connectivity index (χ2n) is 6.28. The van der Waals surface area contributed by atoms with Gasteiger partial charge in [-0.15, -0.1) is 0 Å². The molecule has 3 nitrogen and oxygen atoms in total. The first-order valence-corrected chi connectivity index (χ1v) is 5.16. The number of hydrogen-bond donors (Lipinski definition) is 1. The van der Waals surface area contributed by atoms with Gasteiger partial charge in [0.25, 0.3) is 0 Å². The summed E-state index contributed by atoms with van der Waals surface area (Å²) < 4.78 is 5.92. The molecule has 1 aliphatic heterocycles. The third-order valence-corrected chi connectivity index (χ3v) is 2.89. The summed E-state index contributed by atoms with van der Waals surface area (Å²) in [5, 5.41) is 11.4. The van der Waals surface area contributed by atoms with E-state index in [1.165, 1.54) is 5.06 Å². The molecule has 1 aliphatic rings. The maximum Gasteiger partial charge on any atom is 0.139 e. The summed E-state index contributed by atoms with van der Waals surface area (Å²) in [5.41, 5.74) is -0.915. The summed E-state index contributed by atoms with van der Waals surface area (Å²) in [6.45, 7) is 14.2. The highest BCUT2D eigenvalue weighted by molar-refractivity contribution is 5.01. The van der Waals surface area contributed by atoms with Crippen LogP contribution in [-0.2, 0) is 4.74 Å². The summed E-state index contributed by atoms with van der Waals surface area (Å²) in [6.07, 6.45) is 0.0231. The Morgan fingerprint density at radius 3 is 1.71 bits per heavy atom. The molecular weight excluding hydrogens is 178 g/mol. The molecule has 1 atom stereocenters. The van der Waals surface area contributed by atoms with Gasteiger partial charge in [-0.25, -0.2) is 0 Å². The second kappa shape index (κ2) is 2.94. The molecule has 0 aliphatic carbocycles. The van der Waals surface area contributed by atoms with E-state index < -0.39 is 5.72 Å². The van der Waals surface area contributed by atoms with Gasteiger partial charge in [0.15, 0.2) is 0 Å². The molecule has 1 unspecified atom stereocenters. The van der Waals surface area contributed by atoms with E-state index in [4.69, 9.17) is 4.74 Å². The molecule has 0 aromatic rings.